The van der Waals surface area contributed by atoms with Crippen LogP contribution in [0.3, 0.4) is 0 Å². The first-order valence-corrected chi connectivity index (χ1v) is 21.2. The lowest BCUT2D eigenvalue weighted by atomic mass is 9.91. The zero-order valence-corrected chi connectivity index (χ0v) is 34.8. The predicted octanol–water partition coefficient (Wildman–Crippen LogP) is 0.955. The summed E-state index contributed by atoms with van der Waals surface area (Å²) in [5.41, 5.74) is 2.76. The van der Waals surface area contributed by atoms with Crippen LogP contribution >= 0.6 is 71.3 Å². The number of benzene rings is 2. The number of nitrogens with one attached hydrogen (secondary N) is 4. The minimum atomic E-state index is -1.38. The van der Waals surface area contributed by atoms with Gasteiger partial charge in [0.1, 0.15) is 61.0 Å². The predicted molar refractivity (Wildman–Crippen MR) is 226 cm³/mol. The molecule has 0 saturated carbocycles. The van der Waals surface area contributed by atoms with Crippen molar-refractivity contribution in [2.24, 2.45) is 0 Å². The van der Waals surface area contributed by atoms with Gasteiger partial charge in [0, 0.05) is 25.5 Å². The van der Waals surface area contributed by atoms with Crippen molar-refractivity contribution in [3.8, 4) is 0 Å². The maximum atomic E-state index is 10.1. The Morgan fingerprint density at radius 2 is 0.865 bits per heavy atom. The molecule has 12 N–H and O–H groups in total. The number of ether oxygens (including phenoxy) is 2. The smallest absolute Gasteiger partial charge is 0.170 e. The molecule has 52 heavy (non-hydrogen) atoms. The Morgan fingerprint density at radius 3 is 1.10 bits per heavy atom. The monoisotopic (exact) mass is 846 g/mol. The molecule has 0 aliphatic carbocycles. The largest absolute Gasteiger partial charge is 0.394 e. The summed E-state index contributed by atoms with van der Waals surface area (Å²) in [4.78, 5) is 0. The van der Waals surface area contributed by atoms with Crippen molar-refractivity contribution in [1.82, 2.24) is 10.6 Å². The molecule has 0 aromatic heterocycles. The Bertz CT molecular complexity index is 1160. The summed E-state index contributed by atoms with van der Waals surface area (Å²) in [5.74, 6) is 0. The number of aliphatic hydroxyl groups excluding tert-OH is 8. The highest BCUT2D eigenvalue weighted by Gasteiger charge is 2.45. The first-order chi connectivity index (χ1) is 24.9. The molecule has 2 aromatic carbocycles. The van der Waals surface area contributed by atoms with Crippen LogP contribution in [0.5, 0.6) is 0 Å². The summed E-state index contributed by atoms with van der Waals surface area (Å²) in [6.45, 7) is -0.894. The third kappa shape index (κ3) is 15.9. The van der Waals surface area contributed by atoms with E-state index in [1.54, 1.807) is 96.7 Å². The molecule has 4 unspecified atom stereocenters. The van der Waals surface area contributed by atoms with E-state index < -0.39 is 74.3 Å². The molecular formula is C32H54N4O10S6. The molecule has 4 rings (SSSR count). The normalized spacial score (nSPS) is 27.5. The van der Waals surface area contributed by atoms with Crippen LogP contribution in [0.1, 0.15) is 23.3 Å². The molecule has 14 nitrogen and oxygen atoms in total. The maximum absolute atomic E-state index is 10.1. The zero-order valence-electron chi connectivity index (χ0n) is 29.7. The second kappa shape index (κ2) is 28.3. The van der Waals surface area contributed by atoms with Crippen molar-refractivity contribution in [2.45, 2.75) is 61.0 Å². The quantitative estimate of drug-likeness (QED) is 0.106. The lowest BCUT2D eigenvalue weighted by molar-refractivity contribution is -0.231. The fourth-order valence-corrected chi connectivity index (χ4v) is 4.89. The van der Waals surface area contributed by atoms with Gasteiger partial charge in [0.05, 0.1) is 13.2 Å². The highest BCUT2D eigenvalue weighted by Crippen LogP contribution is 2.34. The number of thiol groups is 2. The molecule has 0 spiro atoms. The van der Waals surface area contributed by atoms with E-state index in [0.717, 1.165) is 11.4 Å². The summed E-state index contributed by atoms with van der Waals surface area (Å²) in [5, 5.41) is 90.1. The highest BCUT2D eigenvalue weighted by atomic mass is 33.1. The number of thiocarbonyl (C=S) groups is 2. The Balaban J connectivity index is 0.000000834. The molecule has 2 fully saturated rings. The molecule has 2 aromatic rings. The molecule has 2 aliphatic heterocycles. The van der Waals surface area contributed by atoms with Gasteiger partial charge >= 0.3 is 0 Å². The lowest BCUT2D eigenvalue weighted by Gasteiger charge is -2.40. The summed E-state index contributed by atoms with van der Waals surface area (Å²) < 4.78 is 11.0. The summed E-state index contributed by atoms with van der Waals surface area (Å²) in [7, 11) is 6.96. The van der Waals surface area contributed by atoms with E-state index in [-0.39, 0.29) is 0 Å². The molecule has 0 bridgehead atoms. The summed E-state index contributed by atoms with van der Waals surface area (Å²) in [6, 6.07) is 13.9. The van der Waals surface area contributed by atoms with E-state index in [9.17, 15) is 40.9 Å². The van der Waals surface area contributed by atoms with E-state index >= 15 is 0 Å². The summed E-state index contributed by atoms with van der Waals surface area (Å²) in [6.07, 6.45) is -4.04. The van der Waals surface area contributed by atoms with Crippen LogP contribution in [-0.2, 0) is 9.47 Å². The first kappa shape index (κ1) is 50.8. The van der Waals surface area contributed by atoms with Gasteiger partial charge in [0.15, 0.2) is 10.2 Å². The molecule has 20 heteroatoms. The number of hydrogen-bond acceptors (Lipinski definition) is 16. The Hall–Kier alpha value is -1.18. The Kier molecular flexibility index (Phi) is 27.6. The van der Waals surface area contributed by atoms with Gasteiger partial charge in [-0.3, -0.25) is 0 Å². The minimum absolute atomic E-state index is 0.447. The van der Waals surface area contributed by atoms with Gasteiger partial charge in [-0.1, -0.05) is 45.9 Å². The Labute approximate surface area is 335 Å². The maximum Gasteiger partial charge on any atom is 0.170 e. The van der Waals surface area contributed by atoms with Crippen molar-refractivity contribution in [2.75, 3.05) is 63.0 Å². The van der Waals surface area contributed by atoms with Crippen LogP contribution in [0.15, 0.2) is 48.5 Å². The number of aliphatic hydroxyl groups is 8. The minimum Gasteiger partial charge on any atom is -0.394 e. The van der Waals surface area contributed by atoms with Gasteiger partial charge in [-0.15, -0.1) is 0 Å². The van der Waals surface area contributed by atoms with Crippen molar-refractivity contribution in [3.05, 3.63) is 59.7 Å². The number of hydrogen-bond donors (Lipinski definition) is 14. The summed E-state index contributed by atoms with van der Waals surface area (Å²) >= 11 is 17.1. The zero-order chi connectivity index (χ0) is 40.0. The molecule has 2 saturated heterocycles. The number of anilines is 2. The van der Waals surface area contributed by atoms with Crippen molar-refractivity contribution >= 4 is 92.9 Å². The average molecular weight is 847 g/mol. The molecule has 0 radical (unpaired) electrons. The first-order valence-electron chi connectivity index (χ1n) is 15.6. The van der Waals surface area contributed by atoms with Gasteiger partial charge in [0.2, 0.25) is 0 Å². The van der Waals surface area contributed by atoms with Gasteiger partial charge in [-0.2, -0.15) is 25.3 Å². The topological polar surface area (TPSA) is 228 Å². The number of rotatable bonds is 7. The third-order valence-electron chi connectivity index (χ3n) is 7.40. The van der Waals surface area contributed by atoms with Crippen molar-refractivity contribution < 1.29 is 50.3 Å². The van der Waals surface area contributed by atoms with Crippen LogP contribution in [-0.4, -0.2) is 152 Å². The fourth-order valence-electron chi connectivity index (χ4n) is 4.65. The molecule has 2 heterocycles. The van der Waals surface area contributed by atoms with Crippen LogP contribution in [0.2, 0.25) is 0 Å². The average Bonchev–Trinajstić information content (AvgIpc) is 3.19. The van der Waals surface area contributed by atoms with E-state index in [4.69, 9.17) is 33.9 Å². The lowest BCUT2D eigenvalue weighted by Crippen LogP contribution is -2.55. The van der Waals surface area contributed by atoms with Gasteiger partial charge in [0.25, 0.3) is 0 Å². The molecule has 10 atom stereocenters. The van der Waals surface area contributed by atoms with Crippen molar-refractivity contribution in [3.63, 3.8) is 0 Å². The third-order valence-corrected chi connectivity index (χ3v) is 9.35. The molecular weight excluding hydrogens is 793 g/mol. The second-order valence-corrected chi connectivity index (χ2v) is 14.0. The molecule has 0 amide bonds. The van der Waals surface area contributed by atoms with Crippen LogP contribution < -0.4 is 21.3 Å². The van der Waals surface area contributed by atoms with Crippen LogP contribution in [0.4, 0.5) is 11.4 Å². The van der Waals surface area contributed by atoms with E-state index in [1.165, 1.54) is 0 Å². The van der Waals surface area contributed by atoms with Gasteiger partial charge in [-0.05, 0) is 84.9 Å². The highest BCUT2D eigenvalue weighted by molar-refractivity contribution is 8.76. The van der Waals surface area contributed by atoms with E-state index in [0.29, 0.717) is 21.4 Å². The molecule has 298 valence electrons. The molecule has 2 aliphatic rings. The van der Waals surface area contributed by atoms with Crippen LogP contribution in [0, 0.1) is 0 Å². The van der Waals surface area contributed by atoms with Gasteiger partial charge in [-0.25, -0.2) is 0 Å². The second-order valence-electron chi connectivity index (χ2n) is 10.5. The Morgan fingerprint density at radius 1 is 0.577 bits per heavy atom. The van der Waals surface area contributed by atoms with Crippen LogP contribution in [0.25, 0.3) is 0 Å². The van der Waals surface area contributed by atoms with E-state index in [2.05, 4.69) is 59.0 Å². The van der Waals surface area contributed by atoms with E-state index in [1.807, 2.05) is 0 Å². The fraction of sp³-hybridized carbons (Fsp3) is 0.562. The van der Waals surface area contributed by atoms with Crippen molar-refractivity contribution in [1.29, 1.82) is 0 Å². The standard InChI is InChI=1S/2C14H20N2O5S.C2H6S2.2CH4S/c2*1-15-14(22)16-8-4-2-7(3-5-8)13-12(20)11(19)10(18)9(6-17)21-13;1-3-4-2;2*1-2/h2*2-5,9-13,17-20H,6H2,1H3,(H2,15,16,22);1-2H3;2*2H,1H3/t9?,10-,11-,12?,13+;9?,10-,11-,12?,13-;;;/m11.../s1. The SMILES string of the molecule is CNC(=S)Nc1ccc([C@@H]2OC(CO)[C@@H](O)[C@@H](O)C2O)cc1.CNC(=S)Nc1ccc([C@H]2OC(CO)[C@@H](O)[C@@H](O)C2O)cc1.CS.CS.CSSC. The van der Waals surface area contributed by atoms with Gasteiger partial charge < -0.3 is 71.6 Å².